The minimum atomic E-state index is -0.186. The highest BCUT2D eigenvalue weighted by Gasteiger charge is 2.39. The summed E-state index contributed by atoms with van der Waals surface area (Å²) < 4.78 is 17.7. The first-order chi connectivity index (χ1) is 69.2. The van der Waals surface area contributed by atoms with Crippen molar-refractivity contribution in [2.45, 2.75) is 19.3 Å². The van der Waals surface area contributed by atoms with Gasteiger partial charge in [-0.15, -0.1) is 11.3 Å². The van der Waals surface area contributed by atoms with E-state index < -0.39 is 0 Å². The molecule has 0 spiro atoms. The van der Waals surface area contributed by atoms with Crippen molar-refractivity contribution in [2.75, 3.05) is 4.90 Å². The highest BCUT2D eigenvalue weighted by Crippen LogP contribution is 2.54. The monoisotopic (exact) mass is 1800 g/mol. The summed E-state index contributed by atoms with van der Waals surface area (Å²) in [7, 11) is 0. The fourth-order valence-corrected chi connectivity index (χ4v) is 23.3. The number of rotatable bonds is 8. The lowest BCUT2D eigenvalue weighted by Gasteiger charge is -2.41. The van der Waals surface area contributed by atoms with Gasteiger partial charge in [0, 0.05) is 85.5 Å². The van der Waals surface area contributed by atoms with E-state index in [1.807, 2.05) is 11.3 Å². The molecule has 0 saturated carbocycles. The molecule has 0 N–H and O–H groups in total. The van der Waals surface area contributed by atoms with Crippen molar-refractivity contribution in [3.63, 3.8) is 0 Å². The second kappa shape index (κ2) is 32.0. The summed E-state index contributed by atoms with van der Waals surface area (Å²) >= 11 is 1.84. The number of fused-ring (bicyclic) bond motifs is 29. The Kier molecular flexibility index (Phi) is 18.4. The molecule has 10 nitrogen and oxygen atoms in total. The Labute approximate surface area is 806 Å². The Morgan fingerprint density at radius 3 is 1.21 bits per heavy atom. The molecule has 11 heteroatoms. The van der Waals surface area contributed by atoms with Gasteiger partial charge in [-0.25, -0.2) is 29.9 Å². The number of anilines is 3. The molecule has 0 radical (unpaired) electrons. The molecule has 0 bridgehead atoms. The summed E-state index contributed by atoms with van der Waals surface area (Å²) in [4.78, 5) is 34.9. The highest BCUT2D eigenvalue weighted by molar-refractivity contribution is 7.26. The van der Waals surface area contributed by atoms with Gasteiger partial charge >= 0.3 is 0 Å². The quantitative estimate of drug-likeness (QED) is 0.147. The van der Waals surface area contributed by atoms with E-state index in [0.717, 1.165) is 166 Å². The van der Waals surface area contributed by atoms with Crippen molar-refractivity contribution in [1.29, 1.82) is 0 Å². The van der Waals surface area contributed by atoms with Crippen LogP contribution in [0.4, 0.5) is 17.3 Å². The van der Waals surface area contributed by atoms with Crippen LogP contribution in [0.1, 0.15) is 25.0 Å². The van der Waals surface area contributed by atoms with Crippen LogP contribution in [-0.2, 0) is 5.41 Å². The Balaban J connectivity index is 0.000000103. The van der Waals surface area contributed by atoms with Gasteiger partial charge in [0.1, 0.15) is 22.3 Å². The lowest BCUT2D eigenvalue weighted by Crippen LogP contribution is -2.31. The van der Waals surface area contributed by atoms with Crippen LogP contribution in [0.2, 0.25) is 0 Å². The van der Waals surface area contributed by atoms with Crippen molar-refractivity contribution in [2.24, 2.45) is 0 Å². The van der Waals surface area contributed by atoms with Crippen molar-refractivity contribution in [1.82, 2.24) is 34.5 Å². The lowest BCUT2D eigenvalue weighted by molar-refractivity contribution is 0.631. The fraction of sp³-hybridized carbons (Fsp3) is 0.0233. The van der Waals surface area contributed by atoms with E-state index in [-0.39, 0.29) is 5.41 Å². The molecule has 1 aliphatic heterocycles. The molecule has 0 amide bonds. The average Bonchev–Trinajstić information content (AvgIpc) is 1.41. The lowest BCUT2D eigenvalue weighted by atomic mass is 9.74. The van der Waals surface area contributed by atoms with Crippen LogP contribution < -0.4 is 4.90 Å². The Bertz CT molecular complexity index is 10200. The molecule has 0 fully saturated rings. The number of hydrogen-bond acceptors (Lipinski definition) is 10. The first-order valence-corrected chi connectivity index (χ1v) is 48.3. The predicted octanol–water partition coefficient (Wildman–Crippen LogP) is 35.2. The maximum Gasteiger partial charge on any atom is 0.235 e. The van der Waals surface area contributed by atoms with Crippen molar-refractivity contribution in [3.8, 4) is 73.4 Å². The van der Waals surface area contributed by atoms with Crippen LogP contribution in [-0.4, -0.2) is 34.5 Å². The summed E-state index contributed by atoms with van der Waals surface area (Å²) in [6.45, 7) is 4.60. The van der Waals surface area contributed by atoms with Gasteiger partial charge in [-0.05, 0) is 195 Å². The first kappa shape index (κ1) is 80.3. The molecule has 30 rings (SSSR count). The van der Waals surface area contributed by atoms with Gasteiger partial charge in [-0.3, -0.25) is 9.47 Å². The fourth-order valence-electron chi connectivity index (χ4n) is 22.2. The molecule has 22 aromatic carbocycles. The van der Waals surface area contributed by atoms with Crippen molar-refractivity contribution >= 4 is 212 Å². The topological polar surface area (TPSA) is 112 Å². The van der Waals surface area contributed by atoms with Crippen LogP contribution in [0.5, 0.6) is 0 Å². The number of thiophene rings is 1. The Morgan fingerprint density at radius 2 is 0.614 bits per heavy atom. The van der Waals surface area contributed by atoms with Gasteiger partial charge in [0.15, 0.2) is 5.82 Å². The smallest absolute Gasteiger partial charge is 0.235 e. The molecule has 0 aliphatic carbocycles. The minimum absolute atomic E-state index is 0.186. The maximum absolute atomic E-state index is 6.52. The molecule has 0 unspecified atom stereocenters. The molecule has 140 heavy (non-hydrogen) atoms. The van der Waals surface area contributed by atoms with E-state index in [4.69, 9.17) is 38.7 Å². The molecule has 0 atom stereocenters. The predicted molar refractivity (Wildman–Crippen MR) is 585 cm³/mol. The highest BCUT2D eigenvalue weighted by atomic mass is 32.1. The number of para-hydroxylation sites is 4. The van der Waals surface area contributed by atoms with Gasteiger partial charge in [-0.2, -0.15) is 0 Å². The van der Waals surface area contributed by atoms with E-state index in [0.29, 0.717) is 11.9 Å². The van der Waals surface area contributed by atoms with Gasteiger partial charge in [0.2, 0.25) is 11.9 Å². The van der Waals surface area contributed by atoms with E-state index in [1.54, 1.807) is 0 Å². The van der Waals surface area contributed by atoms with E-state index >= 15 is 0 Å². The third-order valence-corrected chi connectivity index (χ3v) is 29.8. The summed E-state index contributed by atoms with van der Waals surface area (Å²) in [6.07, 6.45) is 0. The molecule has 0 saturated heterocycles. The molecule has 7 aromatic heterocycles. The molecule has 29 aromatic rings. The molecule has 654 valence electrons. The van der Waals surface area contributed by atoms with E-state index in [2.05, 4.69) is 472 Å². The SMILES string of the molecule is CC1(C)c2ccccc2N(c2nc(-c3ccc4ccccc4c3)c3ccc4oc5ccc6ccccc6c5c4c3n2)c2ccccc21.c1ccc(-c2ccccc2-c2cccc(-c3nc(-c4ccc5ccccc5c4)c4ccc5sc6ccc7ccccc7c6c5c4n3)c2)cc1.c1ccc2c(-c3nc(-n4c5ccccc5c5ccccc54)nc4c3ccc3oc5ccc6ccccc6c5c34)cccc2c1. The third kappa shape index (κ3) is 12.9. The summed E-state index contributed by atoms with van der Waals surface area (Å²) in [6, 6.07) is 159. The zero-order chi connectivity index (χ0) is 92.4. The Morgan fingerprint density at radius 1 is 0.229 bits per heavy atom. The largest absolute Gasteiger partial charge is 0.456 e. The van der Waals surface area contributed by atoms with Gasteiger partial charge in [-0.1, -0.05) is 366 Å². The first-order valence-electron chi connectivity index (χ1n) is 47.5. The third-order valence-electron chi connectivity index (χ3n) is 28.7. The van der Waals surface area contributed by atoms with Crippen molar-refractivity contribution < 1.29 is 8.83 Å². The van der Waals surface area contributed by atoms with Gasteiger partial charge < -0.3 is 8.83 Å². The number of benzene rings is 22. The standard InChI is InChI=1S/C46H28N2S.C43H29N3O.C40H23N3O/c1-2-12-30(13-3-1)36-18-8-9-19-37(36)33-16-10-17-35(28-33)46-47-44(34-22-21-29-11-4-5-15-32(29)27-34)39-24-26-41-43(45(39)48-46)42-38-20-7-6-14-31(38)23-25-40(42)49-41;1-43(2)32-15-7-9-17-34(32)46(35-18-10-8-16-33(35)43)42-44-40(29-20-19-26-11-3-4-13-28(26)25-29)31-22-24-37-39(41(31)45-42)38-30-14-6-5-12-27(30)21-23-36(38)47-37;1-3-13-26-24(10-1)12-9-17-30(26)38-31-21-23-35-37(36-27-14-4-2-11-25(27)20-22-34(36)44-35)39(31)42-40(41-38)43-32-18-7-5-15-28(32)29-16-6-8-19-33(29)43/h1-28H;3-25H,1-2H3;1-23H. The van der Waals surface area contributed by atoms with Crippen LogP contribution in [0.15, 0.2) is 458 Å². The summed E-state index contributed by atoms with van der Waals surface area (Å²) in [5.74, 6) is 2.00. The van der Waals surface area contributed by atoms with E-state index in [1.165, 1.54) is 107 Å². The minimum Gasteiger partial charge on any atom is -0.456 e. The van der Waals surface area contributed by atoms with E-state index in [9.17, 15) is 0 Å². The number of hydrogen-bond donors (Lipinski definition) is 0. The summed E-state index contributed by atoms with van der Waals surface area (Å²) in [5.41, 5.74) is 24.4. The zero-order valence-electron chi connectivity index (χ0n) is 76.0. The van der Waals surface area contributed by atoms with Gasteiger partial charge in [0.25, 0.3) is 0 Å². The molecule has 1 aliphatic rings. The Hall–Kier alpha value is -18.2. The van der Waals surface area contributed by atoms with Crippen LogP contribution in [0.25, 0.3) is 257 Å². The molecular weight excluding hydrogens is 1730 g/mol. The molecular formula is C129H80N8O2S. The van der Waals surface area contributed by atoms with Crippen molar-refractivity contribution in [3.05, 3.63) is 460 Å². The number of nitrogens with zero attached hydrogens (tertiary/aromatic N) is 8. The average molecular weight is 1810 g/mol. The second-order valence-electron chi connectivity index (χ2n) is 36.9. The normalized spacial score (nSPS) is 12.5. The van der Waals surface area contributed by atoms with Crippen LogP contribution in [0, 0.1) is 0 Å². The second-order valence-corrected chi connectivity index (χ2v) is 38.0. The number of furan rings is 2. The number of aromatic nitrogens is 7. The molecule has 8 heterocycles. The van der Waals surface area contributed by atoms with Crippen LogP contribution >= 0.6 is 11.3 Å². The maximum atomic E-state index is 6.52. The van der Waals surface area contributed by atoms with Gasteiger partial charge in [0.05, 0.1) is 66.8 Å². The zero-order valence-corrected chi connectivity index (χ0v) is 76.8. The van der Waals surface area contributed by atoms with Crippen LogP contribution in [0.3, 0.4) is 0 Å². The summed E-state index contributed by atoms with van der Waals surface area (Å²) in [5, 5.41) is 26.3.